The Morgan fingerprint density at radius 1 is 1.19 bits per heavy atom. The topological polar surface area (TPSA) is 78.9 Å². The van der Waals surface area contributed by atoms with Crippen LogP contribution in [0.15, 0.2) is 42.5 Å². The number of carbonyl (C=O) groups is 2. The molecule has 2 bridgehead atoms. The number of carbonyl (C=O) groups excluding carboxylic acids is 2. The Balaban J connectivity index is 1.33. The summed E-state index contributed by atoms with van der Waals surface area (Å²) < 4.78 is 6.30. The van der Waals surface area contributed by atoms with Crippen LogP contribution in [0.1, 0.15) is 48.8 Å². The zero-order valence-corrected chi connectivity index (χ0v) is 20.8. The minimum Gasteiger partial charge on any atom is -0.504 e. The van der Waals surface area contributed by atoms with Crippen LogP contribution < -0.4 is 10.1 Å². The Morgan fingerprint density at radius 3 is 2.78 bits per heavy atom. The number of rotatable bonds is 5. The summed E-state index contributed by atoms with van der Waals surface area (Å²) in [5.74, 6) is 1.13. The summed E-state index contributed by atoms with van der Waals surface area (Å²) in [6.07, 6.45) is 7.63. The fourth-order valence-corrected chi connectivity index (χ4v) is 7.70. The van der Waals surface area contributed by atoms with Crippen molar-refractivity contribution in [3.63, 3.8) is 0 Å². The second kappa shape index (κ2) is 7.83. The Hall–Kier alpha value is -2.83. The van der Waals surface area contributed by atoms with E-state index in [9.17, 15) is 14.7 Å². The number of piperidine rings is 1. The van der Waals surface area contributed by atoms with E-state index in [0.717, 1.165) is 42.6 Å². The number of nitrogens with one attached hydrogen (secondary N) is 1. The molecule has 6 nitrogen and oxygen atoms in total. The first-order valence-electron chi connectivity index (χ1n) is 13.0. The van der Waals surface area contributed by atoms with Crippen LogP contribution in [0, 0.1) is 5.92 Å². The average Bonchev–Trinajstić information content (AvgIpc) is 3.61. The molecule has 2 aromatic carbocycles. The SMILES string of the molecule is O=C(/C=C/c1ccc(Cl)cc1)NC12CCC(=O)[C@H]3Oc4c(O)ccc5c4C31CCN(CC1CC1)C2C5. The summed E-state index contributed by atoms with van der Waals surface area (Å²) >= 11 is 6.00. The van der Waals surface area contributed by atoms with Crippen LogP contribution in [-0.4, -0.2) is 52.5 Å². The average molecular weight is 505 g/mol. The normalized spacial score (nSPS) is 32.3. The first-order chi connectivity index (χ1) is 17.4. The highest BCUT2D eigenvalue weighted by Gasteiger charge is 2.73. The summed E-state index contributed by atoms with van der Waals surface area (Å²) in [4.78, 5) is 29.4. The molecule has 2 heterocycles. The van der Waals surface area contributed by atoms with E-state index in [1.807, 2.05) is 18.2 Å². The molecule has 7 rings (SSSR count). The lowest BCUT2D eigenvalue weighted by Crippen LogP contribution is -2.81. The van der Waals surface area contributed by atoms with Gasteiger partial charge < -0.3 is 15.2 Å². The van der Waals surface area contributed by atoms with Gasteiger partial charge in [-0.15, -0.1) is 0 Å². The van der Waals surface area contributed by atoms with Crippen molar-refractivity contribution < 1.29 is 19.4 Å². The highest BCUT2D eigenvalue weighted by Crippen LogP contribution is 2.65. The van der Waals surface area contributed by atoms with Gasteiger partial charge in [0.2, 0.25) is 5.91 Å². The predicted molar refractivity (Wildman–Crippen MR) is 136 cm³/mol. The zero-order valence-electron chi connectivity index (χ0n) is 20.0. The van der Waals surface area contributed by atoms with E-state index in [2.05, 4.69) is 10.2 Å². The second-order valence-electron chi connectivity index (χ2n) is 11.1. The van der Waals surface area contributed by atoms with Gasteiger partial charge in [-0.3, -0.25) is 14.5 Å². The summed E-state index contributed by atoms with van der Waals surface area (Å²) in [7, 11) is 0. The van der Waals surface area contributed by atoms with E-state index in [1.54, 1.807) is 30.4 Å². The van der Waals surface area contributed by atoms with E-state index < -0.39 is 17.1 Å². The standard InChI is InChI=1S/C29H29ClN2O4/c30-20-7-3-17(4-8-20)5-10-24(35)31-29-12-11-22(34)27-28(29)13-14-32(16-18-1-2-18)23(29)15-19-6-9-21(33)26(36-27)25(19)28/h3-10,18,23,27,33H,1-2,11-16H2,(H,31,35)/b10-5+/t23?,27-,28?,29?/m1/s1. The van der Waals surface area contributed by atoms with Crippen molar-refractivity contribution in [3.05, 3.63) is 64.2 Å². The quantitative estimate of drug-likeness (QED) is 0.601. The molecule has 2 aromatic rings. The van der Waals surface area contributed by atoms with Gasteiger partial charge in [0.1, 0.15) is 0 Å². The molecule has 1 spiro atoms. The number of likely N-dealkylation sites (tertiary alicyclic amines) is 1. The number of halogens is 1. The largest absolute Gasteiger partial charge is 0.504 e. The fraction of sp³-hybridized carbons (Fsp3) is 0.448. The number of hydrogen-bond acceptors (Lipinski definition) is 5. The number of aromatic hydroxyl groups is 1. The number of amides is 1. The molecule has 0 aromatic heterocycles. The van der Waals surface area contributed by atoms with Crippen molar-refractivity contribution in [2.45, 2.75) is 61.6 Å². The van der Waals surface area contributed by atoms with Gasteiger partial charge in [0.15, 0.2) is 23.4 Å². The van der Waals surface area contributed by atoms with Crippen LogP contribution in [0.4, 0.5) is 0 Å². The van der Waals surface area contributed by atoms with E-state index >= 15 is 0 Å². The molecule has 1 amide bonds. The maximum atomic E-state index is 13.5. The van der Waals surface area contributed by atoms with Crippen molar-refractivity contribution >= 4 is 29.4 Å². The number of Topliss-reactive ketones (excluding diaryl/α,β-unsaturated/α-hetero) is 1. The molecular formula is C29H29ClN2O4. The van der Waals surface area contributed by atoms with Crippen molar-refractivity contribution in [2.24, 2.45) is 5.92 Å². The van der Waals surface area contributed by atoms with Crippen molar-refractivity contribution in [3.8, 4) is 11.5 Å². The molecule has 36 heavy (non-hydrogen) atoms. The van der Waals surface area contributed by atoms with Crippen molar-refractivity contribution in [1.82, 2.24) is 10.2 Å². The molecule has 2 saturated carbocycles. The first-order valence-corrected chi connectivity index (χ1v) is 13.3. The number of ketones is 1. The van der Waals surface area contributed by atoms with Crippen LogP contribution in [0.5, 0.6) is 11.5 Å². The summed E-state index contributed by atoms with van der Waals surface area (Å²) in [5.41, 5.74) is 1.66. The van der Waals surface area contributed by atoms with Crippen LogP contribution in [0.2, 0.25) is 5.02 Å². The lowest BCUT2D eigenvalue weighted by Gasteiger charge is -2.65. The lowest BCUT2D eigenvalue weighted by molar-refractivity contribution is -0.148. The van der Waals surface area contributed by atoms with Gasteiger partial charge in [-0.1, -0.05) is 29.8 Å². The molecule has 4 atom stereocenters. The summed E-state index contributed by atoms with van der Waals surface area (Å²) in [5, 5.41) is 14.8. The van der Waals surface area contributed by atoms with Crippen molar-refractivity contribution in [2.75, 3.05) is 13.1 Å². The molecule has 3 aliphatic carbocycles. The summed E-state index contributed by atoms with van der Waals surface area (Å²) in [6.45, 7) is 1.89. The van der Waals surface area contributed by atoms with Gasteiger partial charge >= 0.3 is 0 Å². The monoisotopic (exact) mass is 504 g/mol. The van der Waals surface area contributed by atoms with Crippen LogP contribution in [0.25, 0.3) is 6.08 Å². The molecule has 0 radical (unpaired) electrons. The Bertz CT molecular complexity index is 1300. The first kappa shape index (κ1) is 22.4. The van der Waals surface area contributed by atoms with Crippen LogP contribution >= 0.6 is 11.6 Å². The third-order valence-electron chi connectivity index (χ3n) is 9.26. The second-order valence-corrected chi connectivity index (χ2v) is 11.6. The number of phenols is 1. The summed E-state index contributed by atoms with van der Waals surface area (Å²) in [6, 6.07) is 11.1. The molecule has 7 heteroatoms. The minimum atomic E-state index is -0.681. The highest BCUT2D eigenvalue weighted by atomic mass is 35.5. The smallest absolute Gasteiger partial charge is 0.244 e. The Morgan fingerprint density at radius 2 is 2.00 bits per heavy atom. The number of benzene rings is 2. The number of phenolic OH excluding ortho intramolecular Hbond substituents is 1. The molecule has 3 unspecified atom stereocenters. The van der Waals surface area contributed by atoms with Crippen molar-refractivity contribution in [1.29, 1.82) is 0 Å². The molecule has 1 saturated heterocycles. The Labute approximate surface area is 215 Å². The van der Waals surface area contributed by atoms with Gasteiger partial charge in [-0.2, -0.15) is 0 Å². The molecule has 186 valence electrons. The van der Waals surface area contributed by atoms with Gasteiger partial charge in [-0.05, 0) is 80.0 Å². The molecule has 2 N–H and O–H groups in total. The van der Waals surface area contributed by atoms with Gasteiger partial charge in [0, 0.05) is 35.7 Å². The van der Waals surface area contributed by atoms with Gasteiger partial charge in [-0.25, -0.2) is 0 Å². The third-order valence-corrected chi connectivity index (χ3v) is 9.51. The number of hydrogen-bond donors (Lipinski definition) is 2. The maximum absolute atomic E-state index is 13.5. The highest BCUT2D eigenvalue weighted by molar-refractivity contribution is 6.30. The van der Waals surface area contributed by atoms with E-state index in [1.165, 1.54) is 12.8 Å². The lowest BCUT2D eigenvalue weighted by atomic mass is 9.47. The third kappa shape index (κ3) is 3.07. The van der Waals surface area contributed by atoms with Crippen LogP contribution in [-0.2, 0) is 21.4 Å². The van der Waals surface area contributed by atoms with Gasteiger partial charge in [0.25, 0.3) is 0 Å². The van der Waals surface area contributed by atoms with E-state index in [0.29, 0.717) is 29.5 Å². The number of ether oxygens (including phenoxy) is 1. The molecule has 2 aliphatic heterocycles. The minimum absolute atomic E-state index is 0.0643. The van der Waals surface area contributed by atoms with E-state index in [-0.39, 0.29) is 23.5 Å². The van der Waals surface area contributed by atoms with E-state index in [4.69, 9.17) is 16.3 Å². The zero-order chi connectivity index (χ0) is 24.7. The molecule has 5 aliphatic rings. The molecular weight excluding hydrogens is 476 g/mol. The Kier molecular flexibility index (Phi) is 4.87. The fourth-order valence-electron chi connectivity index (χ4n) is 7.57. The number of nitrogens with zero attached hydrogens (tertiary/aromatic N) is 1. The van der Waals surface area contributed by atoms with Gasteiger partial charge in [0.05, 0.1) is 11.0 Å². The van der Waals surface area contributed by atoms with Crippen LogP contribution in [0.3, 0.4) is 0 Å². The predicted octanol–water partition coefficient (Wildman–Crippen LogP) is 4.02. The molecule has 3 fully saturated rings. The maximum Gasteiger partial charge on any atom is 0.244 e.